The zero-order chi connectivity index (χ0) is 10.1. The number of nitro benzene ring substituents is 1. The van der Waals surface area contributed by atoms with E-state index in [2.05, 4.69) is 6.07 Å². The van der Waals surface area contributed by atoms with E-state index in [9.17, 15) is 18.5 Å². The molecular formula is C6H5N2O4S. The highest BCUT2D eigenvalue weighted by atomic mass is 32.2. The summed E-state index contributed by atoms with van der Waals surface area (Å²) in [5, 5.41) is 15.0. The lowest BCUT2D eigenvalue weighted by Crippen LogP contribution is -2.12. The molecule has 1 aromatic carbocycles. The predicted octanol–water partition coefficient (Wildman–Crippen LogP) is 0.0424. The Kier molecular flexibility index (Phi) is 2.30. The Labute approximate surface area is 74.2 Å². The minimum atomic E-state index is -3.88. The Bertz CT molecular complexity index is 440. The first-order chi connectivity index (χ1) is 5.91. The van der Waals surface area contributed by atoms with Gasteiger partial charge >= 0.3 is 0 Å². The van der Waals surface area contributed by atoms with E-state index in [-0.39, 0.29) is 4.90 Å². The number of primary sulfonamides is 1. The van der Waals surface area contributed by atoms with Crippen LogP contribution in [0.1, 0.15) is 0 Å². The largest absolute Gasteiger partial charge is 0.278 e. The Balaban J connectivity index is 3.29. The van der Waals surface area contributed by atoms with Gasteiger partial charge in [0.1, 0.15) is 0 Å². The van der Waals surface area contributed by atoms with Crippen LogP contribution in [0.5, 0.6) is 0 Å². The van der Waals surface area contributed by atoms with Crippen LogP contribution < -0.4 is 5.14 Å². The summed E-state index contributed by atoms with van der Waals surface area (Å²) in [4.78, 5) is 9.18. The van der Waals surface area contributed by atoms with Gasteiger partial charge in [0.05, 0.1) is 15.9 Å². The Morgan fingerprint density at radius 1 is 1.54 bits per heavy atom. The summed E-state index contributed by atoms with van der Waals surface area (Å²) < 4.78 is 21.5. The van der Waals surface area contributed by atoms with Gasteiger partial charge in [0.25, 0.3) is 5.69 Å². The van der Waals surface area contributed by atoms with Crippen molar-refractivity contribution in [2.45, 2.75) is 4.90 Å². The molecule has 0 aliphatic heterocycles. The van der Waals surface area contributed by atoms with Gasteiger partial charge in [0, 0.05) is 6.07 Å². The van der Waals surface area contributed by atoms with Crippen molar-refractivity contribution in [3.05, 3.63) is 34.4 Å². The fourth-order valence-electron chi connectivity index (χ4n) is 0.716. The number of benzene rings is 1. The molecule has 0 bridgehead atoms. The lowest BCUT2D eigenvalue weighted by atomic mass is 10.3. The number of nitrogens with zero attached hydrogens (tertiary/aromatic N) is 1. The fourth-order valence-corrected chi connectivity index (χ4v) is 1.25. The summed E-state index contributed by atoms with van der Waals surface area (Å²) >= 11 is 0. The molecule has 0 atom stereocenters. The van der Waals surface area contributed by atoms with Crippen molar-refractivity contribution >= 4 is 15.7 Å². The summed E-state index contributed by atoms with van der Waals surface area (Å²) in [6.07, 6.45) is 0. The molecule has 0 spiro atoms. The van der Waals surface area contributed by atoms with Gasteiger partial charge in [-0.2, -0.15) is 0 Å². The number of sulfonamides is 1. The van der Waals surface area contributed by atoms with E-state index in [1.807, 2.05) is 0 Å². The number of nitro groups is 1. The van der Waals surface area contributed by atoms with Crippen molar-refractivity contribution in [1.29, 1.82) is 0 Å². The van der Waals surface area contributed by atoms with E-state index in [0.29, 0.717) is 0 Å². The monoisotopic (exact) mass is 201 g/mol. The van der Waals surface area contributed by atoms with Gasteiger partial charge in [0.2, 0.25) is 10.0 Å². The Morgan fingerprint density at radius 2 is 2.15 bits per heavy atom. The quantitative estimate of drug-likeness (QED) is 0.538. The average Bonchev–Trinajstić information content (AvgIpc) is 2.03. The highest BCUT2D eigenvalue weighted by molar-refractivity contribution is 7.89. The summed E-state index contributed by atoms with van der Waals surface area (Å²) in [5.41, 5.74) is -0.425. The maximum absolute atomic E-state index is 10.7. The molecule has 1 rings (SSSR count). The molecule has 0 amide bonds. The predicted molar refractivity (Wildman–Crippen MR) is 43.3 cm³/mol. The second-order valence-corrected chi connectivity index (χ2v) is 3.77. The van der Waals surface area contributed by atoms with Gasteiger partial charge < -0.3 is 0 Å². The van der Waals surface area contributed by atoms with Gasteiger partial charge in [-0.25, -0.2) is 13.6 Å². The Hall–Kier alpha value is -1.47. The molecule has 7 heteroatoms. The van der Waals surface area contributed by atoms with Crippen LogP contribution in [0, 0.1) is 16.2 Å². The molecule has 0 heterocycles. The molecule has 69 valence electrons. The molecule has 1 aromatic rings. The molecule has 6 nitrogen and oxygen atoms in total. The topological polar surface area (TPSA) is 103 Å². The first kappa shape index (κ1) is 9.62. The smallest absolute Gasteiger partial charge is 0.258 e. The van der Waals surface area contributed by atoms with Crippen LogP contribution in [0.25, 0.3) is 0 Å². The third-order valence-electron chi connectivity index (χ3n) is 1.28. The SMILES string of the molecule is NS(=O)(=O)c1cc[c]c([N+](=O)[O-])c1. The molecule has 0 aromatic heterocycles. The molecule has 0 saturated carbocycles. The molecule has 0 unspecified atom stereocenters. The lowest BCUT2D eigenvalue weighted by molar-refractivity contribution is -0.385. The second-order valence-electron chi connectivity index (χ2n) is 2.21. The van der Waals surface area contributed by atoms with Crippen molar-refractivity contribution in [2.24, 2.45) is 5.14 Å². The zero-order valence-electron chi connectivity index (χ0n) is 6.30. The number of hydrogen-bond donors (Lipinski definition) is 1. The first-order valence-electron chi connectivity index (χ1n) is 3.10. The van der Waals surface area contributed by atoms with Crippen LogP contribution in [0.15, 0.2) is 23.1 Å². The number of nitrogens with two attached hydrogens (primary N) is 1. The molecule has 1 radical (unpaired) electrons. The summed E-state index contributed by atoms with van der Waals surface area (Å²) in [6, 6.07) is 5.40. The molecule has 13 heavy (non-hydrogen) atoms. The molecule has 2 N–H and O–H groups in total. The summed E-state index contributed by atoms with van der Waals surface area (Å²) in [5.74, 6) is 0. The second kappa shape index (κ2) is 3.11. The molecular weight excluding hydrogens is 196 g/mol. The van der Waals surface area contributed by atoms with E-state index in [0.717, 1.165) is 18.2 Å². The normalized spacial score (nSPS) is 11.2. The van der Waals surface area contributed by atoms with E-state index >= 15 is 0 Å². The van der Waals surface area contributed by atoms with Crippen molar-refractivity contribution in [1.82, 2.24) is 0 Å². The average molecular weight is 201 g/mol. The zero-order valence-corrected chi connectivity index (χ0v) is 7.11. The maximum atomic E-state index is 10.7. The minimum absolute atomic E-state index is 0.294. The van der Waals surface area contributed by atoms with Gasteiger partial charge in [-0.05, 0) is 12.1 Å². The van der Waals surface area contributed by atoms with Crippen LogP contribution in [0.4, 0.5) is 5.69 Å². The standard InChI is InChI=1S/C6H5N2O4S/c7-13(11,12)6-3-1-2-5(4-6)8(9)10/h1,3-4H,(H2,7,11,12). The van der Waals surface area contributed by atoms with Crippen LogP contribution in [0.2, 0.25) is 0 Å². The van der Waals surface area contributed by atoms with Crippen molar-refractivity contribution in [2.75, 3.05) is 0 Å². The van der Waals surface area contributed by atoms with Gasteiger partial charge in [-0.3, -0.25) is 10.1 Å². The van der Waals surface area contributed by atoms with Crippen molar-refractivity contribution in [3.63, 3.8) is 0 Å². The third-order valence-corrected chi connectivity index (χ3v) is 2.19. The summed E-state index contributed by atoms with van der Waals surface area (Å²) in [7, 11) is -3.88. The van der Waals surface area contributed by atoms with E-state index in [4.69, 9.17) is 5.14 Å². The van der Waals surface area contributed by atoms with E-state index in [1.165, 1.54) is 0 Å². The summed E-state index contributed by atoms with van der Waals surface area (Å²) in [6.45, 7) is 0. The number of hydrogen-bond acceptors (Lipinski definition) is 4. The third kappa shape index (κ3) is 2.23. The minimum Gasteiger partial charge on any atom is -0.258 e. The van der Waals surface area contributed by atoms with Crippen molar-refractivity contribution < 1.29 is 13.3 Å². The number of rotatable bonds is 2. The van der Waals surface area contributed by atoms with E-state index in [1.54, 1.807) is 0 Å². The first-order valence-corrected chi connectivity index (χ1v) is 4.65. The molecule has 0 aliphatic carbocycles. The van der Waals surface area contributed by atoms with Crippen molar-refractivity contribution in [3.8, 4) is 0 Å². The van der Waals surface area contributed by atoms with Gasteiger partial charge in [-0.15, -0.1) is 0 Å². The Morgan fingerprint density at radius 3 is 2.62 bits per heavy atom. The lowest BCUT2D eigenvalue weighted by Gasteiger charge is -1.95. The van der Waals surface area contributed by atoms with Gasteiger partial charge in [-0.1, -0.05) is 0 Å². The molecule has 0 aliphatic rings. The highest BCUT2D eigenvalue weighted by Gasteiger charge is 2.12. The highest BCUT2D eigenvalue weighted by Crippen LogP contribution is 2.14. The van der Waals surface area contributed by atoms with E-state index < -0.39 is 20.6 Å². The molecule has 0 saturated heterocycles. The van der Waals surface area contributed by atoms with Crippen LogP contribution in [-0.2, 0) is 10.0 Å². The van der Waals surface area contributed by atoms with Crippen LogP contribution >= 0.6 is 0 Å². The van der Waals surface area contributed by atoms with Gasteiger partial charge in [0.15, 0.2) is 0 Å². The van der Waals surface area contributed by atoms with Crippen LogP contribution in [-0.4, -0.2) is 13.3 Å². The fraction of sp³-hybridized carbons (Fsp3) is 0. The number of non-ortho nitro benzene ring substituents is 1. The maximum Gasteiger partial charge on any atom is 0.278 e. The van der Waals surface area contributed by atoms with Crippen LogP contribution in [0.3, 0.4) is 0 Å². The molecule has 0 fully saturated rings.